The zero-order valence-corrected chi connectivity index (χ0v) is 16.2. The van der Waals surface area contributed by atoms with Gasteiger partial charge >= 0.3 is 5.97 Å². The number of nitrogens with zero attached hydrogens (tertiary/aromatic N) is 4. The lowest BCUT2D eigenvalue weighted by molar-refractivity contribution is -0.384. The quantitative estimate of drug-likeness (QED) is 0.403. The van der Waals surface area contributed by atoms with Crippen molar-refractivity contribution >= 4 is 23.5 Å². The van der Waals surface area contributed by atoms with Crippen molar-refractivity contribution in [2.45, 2.75) is 0 Å². The van der Waals surface area contributed by atoms with Crippen molar-refractivity contribution in [3.05, 3.63) is 64.0 Å². The van der Waals surface area contributed by atoms with Crippen LogP contribution in [0.25, 0.3) is 11.4 Å². The molecule has 3 heterocycles. The minimum atomic E-state index is -1.14. The highest BCUT2D eigenvalue weighted by molar-refractivity contribution is 5.96. The van der Waals surface area contributed by atoms with Crippen LogP contribution in [0.4, 0.5) is 5.69 Å². The Hall–Kier alpha value is -4.35. The predicted octanol–water partition coefficient (Wildman–Crippen LogP) is 0.932. The van der Waals surface area contributed by atoms with Gasteiger partial charge in [0, 0.05) is 39.6 Å². The lowest BCUT2D eigenvalue weighted by Gasteiger charge is -2.05. The van der Waals surface area contributed by atoms with Crippen molar-refractivity contribution in [3.8, 4) is 11.4 Å². The van der Waals surface area contributed by atoms with Crippen LogP contribution in [0.15, 0.2) is 36.8 Å². The van der Waals surface area contributed by atoms with E-state index in [1.54, 1.807) is 7.05 Å². The normalized spacial score (nSPS) is 10.6. The Bertz CT molecular complexity index is 1180. The molecule has 0 aliphatic rings. The first-order valence-corrected chi connectivity index (χ1v) is 8.61. The number of rotatable bonds is 6. The van der Waals surface area contributed by atoms with Gasteiger partial charge in [-0.3, -0.25) is 19.7 Å². The van der Waals surface area contributed by atoms with Crippen molar-refractivity contribution in [1.82, 2.24) is 24.3 Å². The van der Waals surface area contributed by atoms with E-state index in [0.29, 0.717) is 11.4 Å². The van der Waals surface area contributed by atoms with E-state index in [4.69, 9.17) is 0 Å². The van der Waals surface area contributed by atoms with Crippen LogP contribution in [0.2, 0.25) is 0 Å². The molecule has 3 rings (SSSR count). The summed E-state index contributed by atoms with van der Waals surface area (Å²) in [5.41, 5.74) is 0.559. The molecule has 2 amide bonds. The van der Waals surface area contributed by atoms with E-state index in [0.717, 1.165) is 6.07 Å². The van der Waals surface area contributed by atoms with Crippen molar-refractivity contribution in [3.63, 3.8) is 0 Å². The molecular formula is C18H18N6O6. The molecule has 3 aromatic rings. The summed E-state index contributed by atoms with van der Waals surface area (Å²) in [5, 5.41) is 25.4. The van der Waals surface area contributed by atoms with E-state index in [-0.39, 0.29) is 22.8 Å². The van der Waals surface area contributed by atoms with Gasteiger partial charge in [0.25, 0.3) is 17.5 Å². The third-order valence-electron chi connectivity index (χ3n) is 4.51. The van der Waals surface area contributed by atoms with E-state index in [1.807, 2.05) is 0 Å². The maximum Gasteiger partial charge on any atom is 0.352 e. The standard InChI is InChI=1S/C18H18N6O6/c1-19-16(25)13-4-11(8-22(13)10-5-15(18(27)28)21(3)7-10)23-9-12(24(29)30)6-14(23)17(26)20-2/h4-9H,1-3H3,(H,19,25)(H,20,26)(H,27,28). The smallest absolute Gasteiger partial charge is 0.352 e. The second-order valence-electron chi connectivity index (χ2n) is 6.32. The highest BCUT2D eigenvalue weighted by atomic mass is 16.6. The lowest BCUT2D eigenvalue weighted by Crippen LogP contribution is -2.21. The number of carboxylic acid groups (broad SMARTS) is 1. The van der Waals surface area contributed by atoms with Gasteiger partial charge in [0.15, 0.2) is 0 Å². The van der Waals surface area contributed by atoms with E-state index in [2.05, 4.69) is 10.6 Å². The molecule has 3 aromatic heterocycles. The maximum absolute atomic E-state index is 12.4. The molecule has 0 atom stereocenters. The number of carbonyl (C=O) groups excluding carboxylic acids is 2. The molecule has 0 aliphatic heterocycles. The molecule has 0 bridgehead atoms. The molecule has 0 saturated carbocycles. The average Bonchev–Trinajstić information content (AvgIpc) is 3.42. The van der Waals surface area contributed by atoms with E-state index < -0.39 is 22.7 Å². The van der Waals surface area contributed by atoms with Gasteiger partial charge < -0.3 is 29.4 Å². The summed E-state index contributed by atoms with van der Waals surface area (Å²) in [7, 11) is 4.38. The second kappa shape index (κ2) is 7.58. The Morgan fingerprint density at radius 3 is 1.90 bits per heavy atom. The number of amides is 2. The minimum absolute atomic E-state index is 0.00379. The summed E-state index contributed by atoms with van der Waals surface area (Å²) in [6.07, 6.45) is 4.19. The van der Waals surface area contributed by atoms with E-state index >= 15 is 0 Å². The Balaban J connectivity index is 2.23. The number of aromatic carboxylic acids is 1. The molecule has 0 saturated heterocycles. The first-order chi connectivity index (χ1) is 14.2. The fraction of sp³-hybridized carbons (Fsp3) is 0.167. The van der Waals surface area contributed by atoms with Crippen LogP contribution in [0.3, 0.4) is 0 Å². The summed E-state index contributed by atoms with van der Waals surface area (Å²) >= 11 is 0. The highest BCUT2D eigenvalue weighted by Crippen LogP contribution is 2.25. The van der Waals surface area contributed by atoms with Gasteiger partial charge in [-0.2, -0.15) is 0 Å². The number of carbonyl (C=O) groups is 3. The molecule has 0 aromatic carbocycles. The van der Waals surface area contributed by atoms with Gasteiger partial charge in [-0.1, -0.05) is 0 Å². The SMILES string of the molecule is CNC(=O)c1cc(-n2cc([N+](=O)[O-])cc2C(=O)NC)cn1-c1cc(C(=O)O)n(C)c1. The first-order valence-electron chi connectivity index (χ1n) is 8.61. The monoisotopic (exact) mass is 414 g/mol. The predicted molar refractivity (Wildman–Crippen MR) is 104 cm³/mol. The van der Waals surface area contributed by atoms with Crippen molar-refractivity contribution in [2.24, 2.45) is 7.05 Å². The largest absolute Gasteiger partial charge is 0.477 e. The van der Waals surface area contributed by atoms with Gasteiger partial charge in [0.05, 0.1) is 22.5 Å². The van der Waals surface area contributed by atoms with Crippen LogP contribution < -0.4 is 10.6 Å². The molecule has 12 heteroatoms. The number of aromatic nitrogens is 3. The number of hydrogen-bond donors (Lipinski definition) is 3. The van der Waals surface area contributed by atoms with Crippen molar-refractivity contribution in [1.29, 1.82) is 0 Å². The molecule has 12 nitrogen and oxygen atoms in total. The van der Waals surface area contributed by atoms with Crippen molar-refractivity contribution in [2.75, 3.05) is 14.1 Å². The van der Waals surface area contributed by atoms with Gasteiger partial charge in [-0.25, -0.2) is 4.79 Å². The Morgan fingerprint density at radius 1 is 0.900 bits per heavy atom. The van der Waals surface area contributed by atoms with Gasteiger partial charge in [0.2, 0.25) is 0 Å². The van der Waals surface area contributed by atoms with Crippen LogP contribution in [0.5, 0.6) is 0 Å². The fourth-order valence-electron chi connectivity index (χ4n) is 3.05. The lowest BCUT2D eigenvalue weighted by atomic mass is 10.3. The molecule has 0 radical (unpaired) electrons. The molecule has 156 valence electrons. The summed E-state index contributed by atoms with van der Waals surface area (Å²) in [6.45, 7) is 0. The minimum Gasteiger partial charge on any atom is -0.477 e. The zero-order chi connectivity index (χ0) is 22.2. The molecule has 3 N–H and O–H groups in total. The summed E-state index contributed by atoms with van der Waals surface area (Å²) < 4.78 is 4.13. The number of nitrogens with one attached hydrogen (secondary N) is 2. The number of hydrogen-bond acceptors (Lipinski definition) is 5. The molecule has 0 unspecified atom stereocenters. The van der Waals surface area contributed by atoms with Crippen LogP contribution in [-0.2, 0) is 7.05 Å². The topological polar surface area (TPSA) is 153 Å². The number of aryl methyl sites for hydroxylation is 1. The summed E-state index contributed by atoms with van der Waals surface area (Å²) in [4.78, 5) is 46.6. The Morgan fingerprint density at radius 2 is 1.40 bits per heavy atom. The van der Waals surface area contributed by atoms with E-state index in [1.165, 1.54) is 58.5 Å². The molecular weight excluding hydrogens is 396 g/mol. The van der Waals surface area contributed by atoms with Crippen LogP contribution in [0, 0.1) is 10.1 Å². The third kappa shape index (κ3) is 3.41. The van der Waals surface area contributed by atoms with Crippen LogP contribution >= 0.6 is 0 Å². The second-order valence-corrected chi connectivity index (χ2v) is 6.32. The zero-order valence-electron chi connectivity index (χ0n) is 16.2. The van der Waals surface area contributed by atoms with Gasteiger partial charge in [-0.05, 0) is 12.1 Å². The molecule has 30 heavy (non-hydrogen) atoms. The number of nitro groups is 1. The third-order valence-corrected chi connectivity index (χ3v) is 4.51. The number of carboxylic acids is 1. The van der Waals surface area contributed by atoms with E-state index in [9.17, 15) is 29.6 Å². The fourth-order valence-corrected chi connectivity index (χ4v) is 3.05. The van der Waals surface area contributed by atoms with Gasteiger partial charge in [0.1, 0.15) is 17.1 Å². The van der Waals surface area contributed by atoms with Crippen molar-refractivity contribution < 1.29 is 24.4 Å². The molecule has 0 fully saturated rings. The first kappa shape index (κ1) is 20.4. The van der Waals surface area contributed by atoms with Crippen LogP contribution in [-0.4, -0.2) is 55.6 Å². The molecule has 0 aliphatic carbocycles. The average molecular weight is 414 g/mol. The van der Waals surface area contributed by atoms with Crippen LogP contribution in [0.1, 0.15) is 31.5 Å². The highest BCUT2D eigenvalue weighted by Gasteiger charge is 2.23. The Labute approximate surface area is 169 Å². The van der Waals surface area contributed by atoms with Gasteiger partial charge in [-0.15, -0.1) is 0 Å². The Kier molecular flexibility index (Phi) is 5.15. The summed E-state index contributed by atoms with van der Waals surface area (Å²) in [6, 6.07) is 3.96. The maximum atomic E-state index is 12.4. The summed E-state index contributed by atoms with van der Waals surface area (Å²) in [5.74, 6) is -2.16. The molecule has 0 spiro atoms.